The molecule has 2 amide bonds. The first-order chi connectivity index (χ1) is 14.6. The molecule has 7 nitrogen and oxygen atoms in total. The van der Waals surface area contributed by atoms with E-state index in [1.54, 1.807) is 18.2 Å². The van der Waals surface area contributed by atoms with Gasteiger partial charge in [0, 0.05) is 29.4 Å². The van der Waals surface area contributed by atoms with Crippen molar-refractivity contribution in [2.75, 3.05) is 35.7 Å². The minimum absolute atomic E-state index is 0.391. The van der Waals surface area contributed by atoms with Gasteiger partial charge < -0.3 is 20.3 Å². The molecule has 1 fully saturated rings. The van der Waals surface area contributed by atoms with Crippen LogP contribution in [0.2, 0.25) is 5.02 Å². The molecular formula is C22H22ClN5O2. The number of hydrogen-bond donors (Lipinski definition) is 2. The number of rotatable bonds is 5. The zero-order valence-corrected chi connectivity index (χ0v) is 17.3. The molecule has 3 aromatic rings. The van der Waals surface area contributed by atoms with Crippen LogP contribution in [0.4, 0.5) is 22.0 Å². The van der Waals surface area contributed by atoms with Crippen molar-refractivity contribution in [1.82, 2.24) is 10.2 Å². The summed E-state index contributed by atoms with van der Waals surface area (Å²) in [5.41, 5.74) is 2.86. The molecule has 0 atom stereocenters. The van der Waals surface area contributed by atoms with E-state index in [4.69, 9.17) is 16.3 Å². The average Bonchev–Trinajstić information content (AvgIpc) is 3.29. The normalized spacial score (nSPS) is 13.2. The Bertz CT molecular complexity index is 1020. The maximum atomic E-state index is 12.3. The number of halogens is 1. The molecule has 2 heterocycles. The van der Waals surface area contributed by atoms with Gasteiger partial charge in [-0.2, -0.15) is 0 Å². The van der Waals surface area contributed by atoms with Gasteiger partial charge in [-0.3, -0.25) is 0 Å². The fourth-order valence-corrected chi connectivity index (χ4v) is 3.55. The number of carbonyl (C=O) groups excluding carboxylic acids is 1. The Morgan fingerprint density at radius 1 is 1.00 bits per heavy atom. The SMILES string of the molecule is COc1ccc(Cl)cc1NC(=O)Nc1ccc(-c2ccc(N3CCCC3)nn2)cc1. The summed E-state index contributed by atoms with van der Waals surface area (Å²) in [7, 11) is 1.53. The number of aromatic nitrogens is 2. The predicted octanol–water partition coefficient (Wildman–Crippen LogP) is 5.05. The van der Waals surface area contributed by atoms with Gasteiger partial charge in [0.25, 0.3) is 0 Å². The van der Waals surface area contributed by atoms with Crippen molar-refractivity contribution < 1.29 is 9.53 Å². The highest BCUT2D eigenvalue weighted by atomic mass is 35.5. The van der Waals surface area contributed by atoms with Gasteiger partial charge in [-0.15, -0.1) is 10.2 Å². The number of urea groups is 1. The second-order valence-corrected chi connectivity index (χ2v) is 7.41. The van der Waals surface area contributed by atoms with Gasteiger partial charge in [0.2, 0.25) is 0 Å². The highest BCUT2D eigenvalue weighted by Gasteiger charge is 2.14. The molecule has 154 valence electrons. The molecule has 1 aromatic heterocycles. The van der Waals surface area contributed by atoms with Crippen molar-refractivity contribution in [2.24, 2.45) is 0 Å². The summed E-state index contributed by atoms with van der Waals surface area (Å²) in [4.78, 5) is 14.6. The maximum absolute atomic E-state index is 12.3. The summed E-state index contributed by atoms with van der Waals surface area (Å²) in [5.74, 6) is 1.45. The summed E-state index contributed by atoms with van der Waals surface area (Å²) in [6.45, 7) is 2.08. The molecule has 1 aliphatic heterocycles. The predicted molar refractivity (Wildman–Crippen MR) is 120 cm³/mol. The third-order valence-electron chi connectivity index (χ3n) is 4.93. The van der Waals surface area contributed by atoms with Gasteiger partial charge in [0.1, 0.15) is 5.75 Å². The molecular weight excluding hydrogens is 402 g/mol. The van der Waals surface area contributed by atoms with Crippen LogP contribution < -0.4 is 20.3 Å². The first-order valence-corrected chi connectivity index (χ1v) is 10.1. The Labute approximate surface area is 180 Å². The fraction of sp³-hybridized carbons (Fsp3) is 0.227. The quantitative estimate of drug-likeness (QED) is 0.600. The Balaban J connectivity index is 1.40. The molecule has 0 unspecified atom stereocenters. The number of nitrogens with one attached hydrogen (secondary N) is 2. The molecule has 0 bridgehead atoms. The van der Waals surface area contributed by atoms with Gasteiger partial charge >= 0.3 is 6.03 Å². The maximum Gasteiger partial charge on any atom is 0.323 e. The highest BCUT2D eigenvalue weighted by molar-refractivity contribution is 6.31. The van der Waals surface area contributed by atoms with Crippen molar-refractivity contribution in [2.45, 2.75) is 12.8 Å². The molecule has 30 heavy (non-hydrogen) atoms. The average molecular weight is 424 g/mol. The van der Waals surface area contributed by atoms with E-state index in [9.17, 15) is 4.79 Å². The lowest BCUT2D eigenvalue weighted by Crippen LogP contribution is -2.19. The van der Waals surface area contributed by atoms with Crippen LogP contribution >= 0.6 is 11.6 Å². The number of benzene rings is 2. The minimum atomic E-state index is -0.391. The number of ether oxygens (including phenoxy) is 1. The van der Waals surface area contributed by atoms with Crippen molar-refractivity contribution in [3.05, 3.63) is 59.6 Å². The monoisotopic (exact) mass is 423 g/mol. The third kappa shape index (κ3) is 4.63. The second-order valence-electron chi connectivity index (χ2n) is 6.97. The van der Waals surface area contributed by atoms with E-state index in [-0.39, 0.29) is 0 Å². The van der Waals surface area contributed by atoms with Gasteiger partial charge in [0.15, 0.2) is 5.82 Å². The van der Waals surface area contributed by atoms with Crippen LogP contribution in [0.1, 0.15) is 12.8 Å². The van der Waals surface area contributed by atoms with Gasteiger partial charge in [-0.25, -0.2) is 4.79 Å². The molecule has 2 N–H and O–H groups in total. The van der Waals surface area contributed by atoms with E-state index in [2.05, 4.69) is 25.7 Å². The Morgan fingerprint density at radius 3 is 2.43 bits per heavy atom. The Kier molecular flexibility index (Phi) is 5.99. The number of methoxy groups -OCH3 is 1. The molecule has 0 spiro atoms. The summed E-state index contributed by atoms with van der Waals surface area (Å²) in [6, 6.07) is 16.1. The van der Waals surface area contributed by atoms with Gasteiger partial charge in [0.05, 0.1) is 18.5 Å². The fourth-order valence-electron chi connectivity index (χ4n) is 3.38. The number of nitrogens with zero attached hydrogens (tertiary/aromatic N) is 3. The van der Waals surface area contributed by atoms with E-state index in [1.807, 2.05) is 36.4 Å². The molecule has 1 aliphatic rings. The third-order valence-corrected chi connectivity index (χ3v) is 5.16. The number of carbonyl (C=O) groups is 1. The highest BCUT2D eigenvalue weighted by Crippen LogP contribution is 2.28. The summed E-state index contributed by atoms with van der Waals surface area (Å²) in [5, 5.41) is 14.7. The summed E-state index contributed by atoms with van der Waals surface area (Å²) in [6.07, 6.45) is 2.41. The van der Waals surface area contributed by atoms with Crippen LogP contribution in [-0.2, 0) is 0 Å². The molecule has 8 heteroatoms. The largest absolute Gasteiger partial charge is 0.495 e. The van der Waals surface area contributed by atoms with Crippen molar-refractivity contribution in [3.63, 3.8) is 0 Å². The number of amides is 2. The lowest BCUT2D eigenvalue weighted by molar-refractivity contribution is 0.262. The molecule has 1 saturated heterocycles. The van der Waals surface area contributed by atoms with Gasteiger partial charge in [-0.1, -0.05) is 23.7 Å². The molecule has 4 rings (SSSR count). The van der Waals surface area contributed by atoms with Crippen LogP contribution in [0.3, 0.4) is 0 Å². The second kappa shape index (κ2) is 9.00. The first kappa shape index (κ1) is 20.0. The van der Waals surface area contributed by atoms with E-state index in [1.165, 1.54) is 20.0 Å². The van der Waals surface area contributed by atoms with E-state index >= 15 is 0 Å². The topological polar surface area (TPSA) is 79.4 Å². The lowest BCUT2D eigenvalue weighted by Gasteiger charge is -2.15. The lowest BCUT2D eigenvalue weighted by atomic mass is 10.1. The standard InChI is InChI=1S/C22H22ClN5O2/c1-30-20-10-6-16(23)14-19(20)25-22(29)24-17-7-4-15(5-8-17)18-9-11-21(27-26-18)28-12-2-3-13-28/h4-11,14H,2-3,12-13H2,1H3,(H2,24,25,29). The van der Waals surface area contributed by atoms with E-state index < -0.39 is 6.03 Å². The van der Waals surface area contributed by atoms with Crippen LogP contribution in [0.25, 0.3) is 11.3 Å². The van der Waals surface area contributed by atoms with Crippen LogP contribution in [0.5, 0.6) is 5.75 Å². The smallest absolute Gasteiger partial charge is 0.323 e. The van der Waals surface area contributed by atoms with Crippen molar-refractivity contribution in [1.29, 1.82) is 0 Å². The molecule has 0 saturated carbocycles. The number of anilines is 3. The molecule has 0 aliphatic carbocycles. The number of hydrogen-bond acceptors (Lipinski definition) is 5. The van der Waals surface area contributed by atoms with Crippen molar-refractivity contribution in [3.8, 4) is 17.0 Å². The molecule has 0 radical (unpaired) electrons. The first-order valence-electron chi connectivity index (χ1n) is 9.73. The van der Waals surface area contributed by atoms with Gasteiger partial charge in [-0.05, 0) is 55.3 Å². The Hall–Kier alpha value is -3.32. The van der Waals surface area contributed by atoms with E-state index in [0.717, 1.165) is 30.2 Å². The van der Waals surface area contributed by atoms with E-state index in [0.29, 0.717) is 22.1 Å². The van der Waals surface area contributed by atoms with Crippen molar-refractivity contribution >= 4 is 34.8 Å². The summed E-state index contributed by atoms with van der Waals surface area (Å²) >= 11 is 6.00. The van der Waals surface area contributed by atoms with Crippen LogP contribution in [0.15, 0.2) is 54.6 Å². The Morgan fingerprint density at radius 2 is 1.77 bits per heavy atom. The molecule has 2 aromatic carbocycles. The minimum Gasteiger partial charge on any atom is -0.495 e. The van der Waals surface area contributed by atoms with Crippen LogP contribution in [0, 0.1) is 0 Å². The summed E-state index contributed by atoms with van der Waals surface area (Å²) < 4.78 is 5.24. The zero-order valence-electron chi connectivity index (χ0n) is 16.6. The zero-order chi connectivity index (χ0) is 20.9. The van der Waals surface area contributed by atoms with Crippen LogP contribution in [-0.4, -0.2) is 36.4 Å².